The quantitative estimate of drug-likeness (QED) is 0.359. The number of carbonyl (C=O) groups is 1. The van der Waals surface area contributed by atoms with Gasteiger partial charge in [0.1, 0.15) is 0 Å². The molecule has 1 atom stereocenters. The lowest BCUT2D eigenvalue weighted by atomic mass is 10.2. The van der Waals surface area contributed by atoms with Gasteiger partial charge in [-0.1, -0.05) is 31.5 Å². The first-order chi connectivity index (χ1) is 15.4. The summed E-state index contributed by atoms with van der Waals surface area (Å²) in [5, 5.41) is 14.9. The number of Topliss-reactive ketones (excluding diaryl/α,β-unsaturated/α-hetero) is 1. The van der Waals surface area contributed by atoms with Gasteiger partial charge in [-0.15, -0.1) is 0 Å². The van der Waals surface area contributed by atoms with Gasteiger partial charge in [0.25, 0.3) is 0 Å². The van der Waals surface area contributed by atoms with Crippen LogP contribution in [0, 0.1) is 6.92 Å². The lowest BCUT2D eigenvalue weighted by Gasteiger charge is -2.30. The maximum Gasteiger partial charge on any atom is 0.243 e. The molecule has 0 bridgehead atoms. The summed E-state index contributed by atoms with van der Waals surface area (Å²) in [7, 11) is -6.01. The molecule has 1 aliphatic carbocycles. The number of aryl methyl sites for hydroxylation is 1. The molecule has 0 spiro atoms. The lowest BCUT2D eigenvalue weighted by Crippen LogP contribution is -2.44. The molecule has 0 amide bonds. The highest BCUT2D eigenvalue weighted by Gasteiger charge is 2.32. The monoisotopic (exact) mass is 493 g/mol. The second-order valence-electron chi connectivity index (χ2n) is 9.70. The molecule has 1 unspecified atom stereocenters. The van der Waals surface area contributed by atoms with E-state index in [-0.39, 0.29) is 30.4 Å². The van der Waals surface area contributed by atoms with Crippen molar-refractivity contribution >= 4 is 24.1 Å². The first-order valence-corrected chi connectivity index (χ1v) is 15.8. The third-order valence-electron chi connectivity index (χ3n) is 6.28. The number of aliphatic hydroxyl groups is 1. The van der Waals surface area contributed by atoms with Crippen molar-refractivity contribution in [3.63, 3.8) is 0 Å². The minimum atomic E-state index is -4.00. The Kier molecular flexibility index (Phi) is 7.95. The Labute approximate surface area is 197 Å². The fourth-order valence-corrected chi connectivity index (χ4v) is 5.53. The maximum atomic E-state index is 13.4. The summed E-state index contributed by atoms with van der Waals surface area (Å²) < 4.78 is 35.6. The van der Waals surface area contributed by atoms with E-state index in [0.717, 1.165) is 22.7 Å². The van der Waals surface area contributed by atoms with Gasteiger partial charge in [0, 0.05) is 12.7 Å². The topological polar surface area (TPSA) is 102 Å². The Balaban J connectivity index is 1.78. The minimum Gasteiger partial charge on any atom is -0.414 e. The van der Waals surface area contributed by atoms with Crippen LogP contribution in [0.4, 0.5) is 0 Å². The molecule has 33 heavy (non-hydrogen) atoms. The molecule has 1 aromatic carbocycles. The molecule has 0 aliphatic heterocycles. The number of benzene rings is 1. The largest absolute Gasteiger partial charge is 0.414 e. The predicted octanol–water partition coefficient (Wildman–Crippen LogP) is 3.39. The second kappa shape index (κ2) is 10.2. The van der Waals surface area contributed by atoms with Crippen molar-refractivity contribution in [2.24, 2.45) is 0 Å². The van der Waals surface area contributed by atoms with E-state index in [0.29, 0.717) is 17.1 Å². The molecule has 1 saturated carbocycles. The molecule has 1 aromatic heterocycles. The Morgan fingerprint density at radius 3 is 2.48 bits per heavy atom. The molecule has 2 aromatic rings. The van der Waals surface area contributed by atoms with Crippen LogP contribution in [0.25, 0.3) is 0 Å². The van der Waals surface area contributed by atoms with E-state index in [2.05, 4.69) is 32.0 Å². The van der Waals surface area contributed by atoms with E-state index in [4.69, 9.17) is 4.43 Å². The second-order valence-corrected chi connectivity index (χ2v) is 16.3. The van der Waals surface area contributed by atoms with Crippen LogP contribution < -0.4 is 0 Å². The van der Waals surface area contributed by atoms with Crippen molar-refractivity contribution in [1.82, 2.24) is 14.1 Å². The SMILES string of the molecule is Cc1ccc(S(=O)(=O)N(CC(=O)c2cnn(C3CC3)c2)CC(O)CO[Si](C)(C)C(C)C)cc1. The molecular formula is C23H35N3O5SSi. The summed E-state index contributed by atoms with van der Waals surface area (Å²) in [6, 6.07) is 6.79. The molecular weight excluding hydrogens is 458 g/mol. The van der Waals surface area contributed by atoms with Crippen molar-refractivity contribution in [3.05, 3.63) is 47.8 Å². The third kappa shape index (κ3) is 6.60. The summed E-state index contributed by atoms with van der Waals surface area (Å²) in [6.45, 7) is 9.55. The summed E-state index contributed by atoms with van der Waals surface area (Å²) in [5.74, 6) is -0.359. The van der Waals surface area contributed by atoms with Crippen LogP contribution in [-0.2, 0) is 14.4 Å². The van der Waals surface area contributed by atoms with Crippen molar-refractivity contribution in [1.29, 1.82) is 0 Å². The fourth-order valence-electron chi connectivity index (χ4n) is 3.14. The molecule has 1 fully saturated rings. The van der Waals surface area contributed by atoms with E-state index in [1.165, 1.54) is 18.3 Å². The number of hydrogen-bond acceptors (Lipinski definition) is 6. The van der Waals surface area contributed by atoms with Crippen molar-refractivity contribution in [2.75, 3.05) is 19.7 Å². The van der Waals surface area contributed by atoms with Crippen LogP contribution in [-0.4, -0.2) is 67.5 Å². The van der Waals surface area contributed by atoms with Crippen molar-refractivity contribution in [2.45, 2.75) is 69.3 Å². The van der Waals surface area contributed by atoms with Gasteiger partial charge in [-0.25, -0.2) is 8.42 Å². The molecule has 1 N–H and O–H groups in total. The summed E-state index contributed by atoms with van der Waals surface area (Å²) >= 11 is 0. The first-order valence-electron chi connectivity index (χ1n) is 11.4. The molecule has 1 aliphatic rings. The molecule has 10 heteroatoms. The maximum absolute atomic E-state index is 13.4. The van der Waals surface area contributed by atoms with Gasteiger partial charge < -0.3 is 9.53 Å². The van der Waals surface area contributed by atoms with E-state index in [1.807, 2.05) is 6.92 Å². The number of aliphatic hydroxyl groups excluding tert-OH is 1. The number of ketones is 1. The summed E-state index contributed by atoms with van der Waals surface area (Å²) in [4.78, 5) is 13.0. The summed E-state index contributed by atoms with van der Waals surface area (Å²) in [5.41, 5.74) is 1.64. The summed E-state index contributed by atoms with van der Waals surface area (Å²) in [6.07, 6.45) is 4.16. The lowest BCUT2D eigenvalue weighted by molar-refractivity contribution is 0.0785. The molecule has 0 radical (unpaired) electrons. The normalized spacial score (nSPS) is 15.9. The number of aromatic nitrogens is 2. The predicted molar refractivity (Wildman–Crippen MR) is 129 cm³/mol. The zero-order valence-electron chi connectivity index (χ0n) is 20.1. The van der Waals surface area contributed by atoms with Crippen LogP contribution >= 0.6 is 0 Å². The van der Waals surface area contributed by atoms with Gasteiger partial charge in [-0.05, 0) is 50.5 Å². The highest BCUT2D eigenvalue weighted by Crippen LogP contribution is 2.34. The van der Waals surface area contributed by atoms with Crippen LogP contribution in [0.5, 0.6) is 0 Å². The van der Waals surface area contributed by atoms with E-state index >= 15 is 0 Å². The van der Waals surface area contributed by atoms with Gasteiger partial charge in [0.05, 0.1) is 42.0 Å². The molecule has 1 heterocycles. The van der Waals surface area contributed by atoms with Crippen LogP contribution in [0.1, 0.15) is 48.7 Å². The minimum absolute atomic E-state index is 0.0190. The van der Waals surface area contributed by atoms with Gasteiger partial charge in [0.15, 0.2) is 14.1 Å². The fraction of sp³-hybridized carbons (Fsp3) is 0.565. The highest BCUT2D eigenvalue weighted by atomic mass is 32.2. The Hall–Kier alpha value is -1.85. The zero-order valence-corrected chi connectivity index (χ0v) is 21.9. The zero-order chi connectivity index (χ0) is 24.4. The number of carbonyl (C=O) groups excluding carboxylic acids is 1. The molecule has 182 valence electrons. The highest BCUT2D eigenvalue weighted by molar-refractivity contribution is 7.89. The molecule has 8 nitrogen and oxygen atoms in total. The average Bonchev–Trinajstić information content (AvgIpc) is 3.48. The van der Waals surface area contributed by atoms with Gasteiger partial charge in [-0.2, -0.15) is 9.40 Å². The third-order valence-corrected chi connectivity index (χ3v) is 11.8. The van der Waals surface area contributed by atoms with E-state index in [1.54, 1.807) is 23.0 Å². The van der Waals surface area contributed by atoms with Crippen LogP contribution in [0.15, 0.2) is 41.6 Å². The van der Waals surface area contributed by atoms with E-state index < -0.39 is 24.4 Å². The Bertz CT molecular complexity index is 1060. The van der Waals surface area contributed by atoms with Gasteiger partial charge >= 0.3 is 0 Å². The van der Waals surface area contributed by atoms with Crippen LogP contribution in [0.3, 0.4) is 0 Å². The van der Waals surface area contributed by atoms with Crippen molar-refractivity contribution < 1.29 is 22.7 Å². The molecule has 0 saturated heterocycles. The number of rotatable bonds is 12. The van der Waals surface area contributed by atoms with Crippen LogP contribution in [0.2, 0.25) is 18.6 Å². The number of nitrogens with zero attached hydrogens (tertiary/aromatic N) is 3. The Morgan fingerprint density at radius 1 is 1.27 bits per heavy atom. The van der Waals surface area contributed by atoms with E-state index in [9.17, 15) is 18.3 Å². The Morgan fingerprint density at radius 2 is 1.91 bits per heavy atom. The first kappa shape index (κ1) is 25.8. The number of hydrogen-bond donors (Lipinski definition) is 1. The smallest absolute Gasteiger partial charge is 0.243 e. The average molecular weight is 494 g/mol. The van der Waals surface area contributed by atoms with Gasteiger partial charge in [0.2, 0.25) is 10.0 Å². The van der Waals surface area contributed by atoms with Crippen molar-refractivity contribution in [3.8, 4) is 0 Å². The standard InChI is InChI=1S/C23H35N3O5SSi/c1-17(2)33(4,5)31-16-21(27)14-25(32(29,30)22-10-6-18(3)7-11-22)15-23(28)19-12-24-26(13-19)20-8-9-20/h6-7,10-13,17,20-21,27H,8-9,14-16H2,1-5H3. The van der Waals surface area contributed by atoms with Gasteiger partial charge in [-0.3, -0.25) is 9.48 Å². The molecule has 3 rings (SSSR count). The number of sulfonamides is 1.